The lowest BCUT2D eigenvalue weighted by atomic mass is 10.1. The molecule has 0 unspecified atom stereocenters. The van der Waals surface area contributed by atoms with Crippen LogP contribution in [0.2, 0.25) is 0 Å². The van der Waals surface area contributed by atoms with Gasteiger partial charge in [-0.3, -0.25) is 13.9 Å². The van der Waals surface area contributed by atoms with Crippen molar-refractivity contribution in [1.82, 2.24) is 10.2 Å². The van der Waals surface area contributed by atoms with Crippen LogP contribution in [-0.4, -0.2) is 56.1 Å². The number of nitrogens with zero attached hydrogens (tertiary/aromatic N) is 2. The molecule has 8 nitrogen and oxygen atoms in total. The maximum atomic E-state index is 14.1. The van der Waals surface area contributed by atoms with Crippen LogP contribution in [0.5, 0.6) is 5.75 Å². The molecule has 0 aliphatic carbocycles. The highest BCUT2D eigenvalue weighted by Crippen LogP contribution is 2.28. The maximum absolute atomic E-state index is 14.1. The Balaban J connectivity index is 2.05. The summed E-state index contributed by atoms with van der Waals surface area (Å²) >= 11 is 4.96. The van der Waals surface area contributed by atoms with Gasteiger partial charge in [0.15, 0.2) is 0 Å². The zero-order valence-electron chi connectivity index (χ0n) is 24.8. The van der Waals surface area contributed by atoms with E-state index in [2.05, 4.69) is 21.2 Å². The van der Waals surface area contributed by atoms with Gasteiger partial charge >= 0.3 is 0 Å². The lowest BCUT2D eigenvalue weighted by molar-refractivity contribution is -0.140. The van der Waals surface area contributed by atoms with Crippen molar-refractivity contribution in [2.75, 3.05) is 23.7 Å². The molecule has 1 N–H and O–H groups in total. The Bertz CT molecular complexity index is 1470. The van der Waals surface area contributed by atoms with Gasteiger partial charge < -0.3 is 15.0 Å². The van der Waals surface area contributed by atoms with E-state index in [4.69, 9.17) is 4.74 Å². The van der Waals surface area contributed by atoms with E-state index in [0.29, 0.717) is 18.0 Å². The largest absolute Gasteiger partial charge is 0.494 e. The van der Waals surface area contributed by atoms with Gasteiger partial charge in [0.2, 0.25) is 11.8 Å². The van der Waals surface area contributed by atoms with Crippen LogP contribution in [0.1, 0.15) is 40.2 Å². The first-order valence-electron chi connectivity index (χ1n) is 13.5. The van der Waals surface area contributed by atoms with Gasteiger partial charge in [0.25, 0.3) is 10.0 Å². The third-order valence-corrected chi connectivity index (χ3v) is 9.29. The molecule has 3 rings (SSSR count). The third-order valence-electron chi connectivity index (χ3n) is 6.27. The zero-order valence-corrected chi connectivity index (χ0v) is 28.0. The molecule has 0 spiro atoms. The molecule has 0 fully saturated rings. The monoisotopic (exact) mass is 675 g/mol. The minimum atomic E-state index is -4.16. The second-order valence-electron chi connectivity index (χ2n) is 10.7. The van der Waals surface area contributed by atoms with Crippen molar-refractivity contribution >= 4 is 55.2 Å². The standard InChI is InChI=1S/C31H38BrN3O5S2/c1-7-40-26-13-11-25(12-14-26)35(42(38,39)28-17-15-27(41-6)16-18-28)21-29(36)34(20-23-9-8-10-24(32)19-23)22(2)30(37)33-31(3,4)5/h8-19,22H,7,20-21H2,1-6H3,(H,33,37)/t22-/m0/s1. The molecule has 0 aromatic heterocycles. The molecular weight excluding hydrogens is 638 g/mol. The number of anilines is 1. The number of halogens is 1. The van der Waals surface area contributed by atoms with Gasteiger partial charge in [-0.15, -0.1) is 11.8 Å². The van der Waals surface area contributed by atoms with Gasteiger partial charge in [-0.1, -0.05) is 28.1 Å². The van der Waals surface area contributed by atoms with Crippen LogP contribution in [-0.2, 0) is 26.2 Å². The molecule has 0 saturated carbocycles. The van der Waals surface area contributed by atoms with Gasteiger partial charge in [0, 0.05) is 21.5 Å². The number of benzene rings is 3. The molecule has 42 heavy (non-hydrogen) atoms. The molecule has 11 heteroatoms. The molecule has 0 saturated heterocycles. The Morgan fingerprint density at radius 3 is 2.21 bits per heavy atom. The molecular formula is C31H38BrN3O5S2. The summed E-state index contributed by atoms with van der Waals surface area (Å²) in [5.74, 6) is -0.281. The maximum Gasteiger partial charge on any atom is 0.264 e. The normalized spacial score (nSPS) is 12.4. The van der Waals surface area contributed by atoms with E-state index in [1.165, 1.54) is 28.8 Å². The summed E-state index contributed by atoms with van der Waals surface area (Å²) in [4.78, 5) is 29.7. The molecule has 2 amide bonds. The number of thioether (sulfide) groups is 1. The highest BCUT2D eigenvalue weighted by molar-refractivity contribution is 9.10. The van der Waals surface area contributed by atoms with Crippen molar-refractivity contribution in [1.29, 1.82) is 0 Å². The molecule has 0 aliphatic rings. The molecule has 3 aromatic rings. The van der Waals surface area contributed by atoms with Crippen LogP contribution in [0.4, 0.5) is 5.69 Å². The van der Waals surface area contributed by atoms with Crippen molar-refractivity contribution in [2.45, 2.75) is 62.5 Å². The number of ether oxygens (including phenoxy) is 1. The number of nitrogens with one attached hydrogen (secondary N) is 1. The van der Waals surface area contributed by atoms with Crippen molar-refractivity contribution in [2.24, 2.45) is 0 Å². The SMILES string of the molecule is CCOc1ccc(N(CC(=O)N(Cc2cccc(Br)c2)[C@@H](C)C(=O)NC(C)(C)C)S(=O)(=O)c2ccc(SC)cc2)cc1. The van der Waals surface area contributed by atoms with E-state index in [0.717, 1.165) is 19.2 Å². The molecule has 3 aromatic carbocycles. The summed E-state index contributed by atoms with van der Waals surface area (Å²) < 4.78 is 35.5. The summed E-state index contributed by atoms with van der Waals surface area (Å²) in [7, 11) is -4.16. The summed E-state index contributed by atoms with van der Waals surface area (Å²) in [6.07, 6.45) is 1.91. The highest BCUT2D eigenvalue weighted by Gasteiger charge is 2.33. The van der Waals surface area contributed by atoms with E-state index < -0.39 is 34.1 Å². The fourth-order valence-corrected chi connectivity index (χ4v) is 6.44. The molecule has 0 heterocycles. The van der Waals surface area contributed by atoms with E-state index >= 15 is 0 Å². The highest BCUT2D eigenvalue weighted by atomic mass is 79.9. The van der Waals surface area contributed by atoms with Gasteiger partial charge in [0.05, 0.1) is 17.2 Å². The van der Waals surface area contributed by atoms with Crippen LogP contribution >= 0.6 is 27.7 Å². The molecule has 1 atom stereocenters. The first kappa shape index (κ1) is 33.5. The Morgan fingerprint density at radius 1 is 1.02 bits per heavy atom. The summed E-state index contributed by atoms with van der Waals surface area (Å²) in [5.41, 5.74) is 0.572. The first-order valence-corrected chi connectivity index (χ1v) is 17.0. The number of carbonyl (C=O) groups excluding carboxylic acids is 2. The van der Waals surface area contributed by atoms with Crippen LogP contribution < -0.4 is 14.4 Å². The summed E-state index contributed by atoms with van der Waals surface area (Å²) in [5, 5.41) is 2.93. The Morgan fingerprint density at radius 2 is 1.67 bits per heavy atom. The first-order chi connectivity index (χ1) is 19.7. The predicted octanol–water partition coefficient (Wildman–Crippen LogP) is 6.10. The fourth-order valence-electron chi connectivity index (χ4n) is 4.17. The number of amides is 2. The fraction of sp³-hybridized carbons (Fsp3) is 0.355. The van der Waals surface area contributed by atoms with Crippen LogP contribution in [0.25, 0.3) is 0 Å². The second-order valence-corrected chi connectivity index (χ2v) is 14.3. The predicted molar refractivity (Wildman–Crippen MR) is 172 cm³/mol. The summed E-state index contributed by atoms with van der Waals surface area (Å²) in [6, 6.07) is 19.6. The quantitative estimate of drug-likeness (QED) is 0.233. The number of hydrogen-bond donors (Lipinski definition) is 1. The van der Waals surface area contributed by atoms with Crippen LogP contribution in [0.15, 0.2) is 87.1 Å². The van der Waals surface area contributed by atoms with E-state index in [-0.39, 0.29) is 17.3 Å². The number of hydrogen-bond acceptors (Lipinski definition) is 6. The average molecular weight is 677 g/mol. The molecule has 0 radical (unpaired) electrons. The van der Waals surface area contributed by atoms with E-state index in [1.54, 1.807) is 43.3 Å². The van der Waals surface area contributed by atoms with Crippen molar-refractivity contribution in [3.8, 4) is 5.75 Å². The average Bonchev–Trinajstić information content (AvgIpc) is 2.94. The van der Waals surface area contributed by atoms with Crippen molar-refractivity contribution in [3.05, 3.63) is 82.8 Å². The number of sulfonamides is 1. The molecule has 0 aliphatic heterocycles. The molecule has 226 valence electrons. The number of carbonyl (C=O) groups is 2. The lowest BCUT2D eigenvalue weighted by Crippen LogP contribution is -2.54. The Hall–Kier alpha value is -3.02. The Labute approximate surface area is 262 Å². The topological polar surface area (TPSA) is 96.0 Å². The minimum Gasteiger partial charge on any atom is -0.494 e. The van der Waals surface area contributed by atoms with E-state index in [1.807, 2.05) is 58.2 Å². The van der Waals surface area contributed by atoms with Gasteiger partial charge in [-0.2, -0.15) is 0 Å². The Kier molecular flexibility index (Phi) is 11.5. The third kappa shape index (κ3) is 8.99. The van der Waals surface area contributed by atoms with Gasteiger partial charge in [-0.25, -0.2) is 8.42 Å². The van der Waals surface area contributed by atoms with Gasteiger partial charge in [0.1, 0.15) is 18.3 Å². The van der Waals surface area contributed by atoms with Gasteiger partial charge in [-0.05, 0) is 107 Å². The van der Waals surface area contributed by atoms with Crippen molar-refractivity contribution in [3.63, 3.8) is 0 Å². The van der Waals surface area contributed by atoms with Crippen molar-refractivity contribution < 1.29 is 22.7 Å². The smallest absolute Gasteiger partial charge is 0.264 e. The van der Waals surface area contributed by atoms with Crippen LogP contribution in [0.3, 0.4) is 0 Å². The summed E-state index contributed by atoms with van der Waals surface area (Å²) in [6.45, 7) is 9.15. The van der Waals surface area contributed by atoms with Crippen LogP contribution in [0, 0.1) is 0 Å². The minimum absolute atomic E-state index is 0.0547. The number of rotatable bonds is 12. The molecule has 0 bridgehead atoms. The lowest BCUT2D eigenvalue weighted by Gasteiger charge is -2.33. The second kappa shape index (κ2) is 14.4. The van der Waals surface area contributed by atoms with E-state index in [9.17, 15) is 18.0 Å². The zero-order chi connectivity index (χ0) is 31.1.